The van der Waals surface area contributed by atoms with Crippen LogP contribution in [0, 0.1) is 16.1 Å². The molecular formula is C23H16ClFN6O2S. The van der Waals surface area contributed by atoms with E-state index in [0.717, 1.165) is 11.1 Å². The van der Waals surface area contributed by atoms with Crippen molar-refractivity contribution in [1.29, 1.82) is 5.41 Å². The second kappa shape index (κ2) is 10.4. The summed E-state index contributed by atoms with van der Waals surface area (Å²) < 4.78 is 15.6. The largest absolute Gasteiger partial charge is 0.492 e. The Kier molecular flexibility index (Phi) is 7.09. The van der Waals surface area contributed by atoms with Gasteiger partial charge in [-0.05, 0) is 47.7 Å². The quantitative estimate of drug-likeness (QED) is 0.240. The van der Waals surface area contributed by atoms with Crippen LogP contribution in [-0.4, -0.2) is 30.6 Å². The number of aromatic hydroxyl groups is 1. The molecule has 0 aliphatic carbocycles. The maximum absolute atomic E-state index is 14.2. The van der Waals surface area contributed by atoms with Gasteiger partial charge >= 0.3 is 0 Å². The molecule has 0 amide bonds. The molecule has 170 valence electrons. The third kappa shape index (κ3) is 5.36. The molecule has 0 atom stereocenters. The molecule has 0 spiro atoms. The Morgan fingerprint density at radius 2 is 2.00 bits per heavy atom. The fourth-order valence-electron chi connectivity index (χ4n) is 3.03. The smallest absolute Gasteiger partial charge is 0.228 e. The van der Waals surface area contributed by atoms with Crippen LogP contribution in [0.5, 0.6) is 5.88 Å². The van der Waals surface area contributed by atoms with Crippen molar-refractivity contribution in [2.45, 2.75) is 16.3 Å². The molecule has 0 fully saturated rings. The number of nitrogens with one attached hydrogen (secondary N) is 1. The molecule has 0 bridgehead atoms. The molecule has 34 heavy (non-hydrogen) atoms. The lowest BCUT2D eigenvalue weighted by atomic mass is 10.2. The summed E-state index contributed by atoms with van der Waals surface area (Å²) in [5.41, 5.74) is 0.860. The average molecular weight is 495 g/mol. The van der Waals surface area contributed by atoms with Crippen LogP contribution in [0.1, 0.15) is 11.3 Å². The summed E-state index contributed by atoms with van der Waals surface area (Å²) in [6, 6.07) is 14.8. The Morgan fingerprint density at radius 3 is 2.71 bits per heavy atom. The van der Waals surface area contributed by atoms with Gasteiger partial charge in [-0.1, -0.05) is 41.6 Å². The second-order valence-corrected chi connectivity index (χ2v) is 8.49. The van der Waals surface area contributed by atoms with Gasteiger partial charge in [0.05, 0.1) is 29.0 Å². The van der Waals surface area contributed by atoms with Gasteiger partial charge in [0.2, 0.25) is 5.88 Å². The van der Waals surface area contributed by atoms with Gasteiger partial charge in [0.25, 0.3) is 0 Å². The summed E-state index contributed by atoms with van der Waals surface area (Å²) in [4.78, 5) is 20.2. The number of halogens is 2. The topological polar surface area (TPSA) is 117 Å². The minimum atomic E-state index is -0.417. The average Bonchev–Trinajstić information content (AvgIpc) is 3.25. The molecular weight excluding hydrogens is 479 g/mol. The number of nitroso groups, excluding NO2 is 1. The highest BCUT2D eigenvalue weighted by molar-refractivity contribution is 7.99. The van der Waals surface area contributed by atoms with Crippen molar-refractivity contribution in [1.82, 2.24) is 19.7 Å². The van der Waals surface area contributed by atoms with E-state index in [2.05, 4.69) is 20.2 Å². The molecule has 11 heteroatoms. The van der Waals surface area contributed by atoms with Crippen molar-refractivity contribution in [3.8, 4) is 17.4 Å². The Labute approximate surface area is 202 Å². The van der Waals surface area contributed by atoms with Gasteiger partial charge in [0.15, 0.2) is 5.82 Å². The van der Waals surface area contributed by atoms with E-state index in [1.165, 1.54) is 40.8 Å². The standard InChI is InChI=1S/C23H16ClFN6O2S/c24-15-5-7-16(8-6-15)34-21-12-27-22(29-23(21)32)19-11-20(18(26)9-10-28-33)31(30-19)13-14-3-1-2-4-17(14)25/h1-12,26H,13H2,(H,27,29,32)/b10-9-,26-18?. The molecule has 0 aliphatic rings. The molecule has 8 nitrogen and oxygen atoms in total. The lowest BCUT2D eigenvalue weighted by molar-refractivity contribution is 0.438. The lowest BCUT2D eigenvalue weighted by Crippen LogP contribution is -2.11. The summed E-state index contributed by atoms with van der Waals surface area (Å²) in [6.45, 7) is 0.0310. The third-order valence-electron chi connectivity index (χ3n) is 4.64. The number of nitrogens with zero attached hydrogens (tertiary/aromatic N) is 5. The Balaban J connectivity index is 1.67. The molecule has 0 unspecified atom stereocenters. The monoisotopic (exact) mass is 494 g/mol. The molecule has 0 saturated carbocycles. The van der Waals surface area contributed by atoms with Crippen LogP contribution in [0.15, 0.2) is 88.0 Å². The predicted molar refractivity (Wildman–Crippen MR) is 128 cm³/mol. The first-order chi connectivity index (χ1) is 16.4. The van der Waals surface area contributed by atoms with Crippen LogP contribution >= 0.6 is 23.4 Å². The van der Waals surface area contributed by atoms with Crippen molar-refractivity contribution < 1.29 is 9.50 Å². The minimum Gasteiger partial charge on any atom is -0.492 e. The fourth-order valence-corrected chi connectivity index (χ4v) is 3.92. The van der Waals surface area contributed by atoms with Gasteiger partial charge in [-0.2, -0.15) is 10.1 Å². The van der Waals surface area contributed by atoms with E-state index in [-0.39, 0.29) is 29.7 Å². The van der Waals surface area contributed by atoms with E-state index in [1.807, 2.05) is 12.1 Å². The maximum Gasteiger partial charge on any atom is 0.228 e. The summed E-state index contributed by atoms with van der Waals surface area (Å²) in [5.74, 6) is -0.535. The Hall–Kier alpha value is -3.89. The first-order valence-electron chi connectivity index (χ1n) is 9.83. The number of hydrogen-bond acceptors (Lipinski definition) is 8. The first-order valence-corrected chi connectivity index (χ1v) is 11.0. The molecule has 2 N–H and O–H groups in total. The fraction of sp³-hybridized carbons (Fsp3) is 0.0435. The zero-order valence-electron chi connectivity index (χ0n) is 17.4. The van der Waals surface area contributed by atoms with Crippen molar-refractivity contribution in [2.24, 2.45) is 5.18 Å². The lowest BCUT2D eigenvalue weighted by Gasteiger charge is -2.07. The second-order valence-electron chi connectivity index (χ2n) is 6.94. The van der Waals surface area contributed by atoms with Crippen LogP contribution in [0.3, 0.4) is 0 Å². The molecule has 2 aromatic heterocycles. The van der Waals surface area contributed by atoms with E-state index in [0.29, 0.717) is 21.2 Å². The van der Waals surface area contributed by atoms with Crippen molar-refractivity contribution >= 4 is 29.1 Å². The highest BCUT2D eigenvalue weighted by Crippen LogP contribution is 2.34. The number of hydrogen-bond donors (Lipinski definition) is 2. The summed E-state index contributed by atoms with van der Waals surface area (Å²) in [6.07, 6.45) is 3.61. The molecule has 4 aromatic rings. The van der Waals surface area contributed by atoms with Gasteiger partial charge in [-0.25, -0.2) is 9.37 Å². The summed E-state index contributed by atoms with van der Waals surface area (Å²) in [7, 11) is 0. The van der Waals surface area contributed by atoms with Gasteiger partial charge in [0.1, 0.15) is 11.5 Å². The maximum atomic E-state index is 14.2. The van der Waals surface area contributed by atoms with Crippen LogP contribution < -0.4 is 0 Å². The van der Waals surface area contributed by atoms with Gasteiger partial charge in [-0.3, -0.25) is 10.1 Å². The van der Waals surface area contributed by atoms with E-state index in [4.69, 9.17) is 17.0 Å². The van der Waals surface area contributed by atoms with Crippen LogP contribution in [0.25, 0.3) is 11.5 Å². The Morgan fingerprint density at radius 1 is 1.24 bits per heavy atom. The third-order valence-corrected chi connectivity index (χ3v) is 5.91. The normalized spacial score (nSPS) is 11.1. The zero-order chi connectivity index (χ0) is 24.1. The van der Waals surface area contributed by atoms with E-state index < -0.39 is 5.82 Å². The molecule has 0 aliphatic heterocycles. The van der Waals surface area contributed by atoms with E-state index >= 15 is 0 Å². The molecule has 0 saturated heterocycles. The number of aromatic nitrogens is 4. The minimum absolute atomic E-state index is 0.0310. The van der Waals surface area contributed by atoms with Gasteiger partial charge in [0, 0.05) is 21.7 Å². The molecule has 2 heterocycles. The van der Waals surface area contributed by atoms with Crippen molar-refractivity contribution in [3.05, 3.63) is 100 Å². The zero-order valence-corrected chi connectivity index (χ0v) is 19.0. The van der Waals surface area contributed by atoms with Gasteiger partial charge < -0.3 is 5.11 Å². The van der Waals surface area contributed by atoms with Crippen molar-refractivity contribution in [2.75, 3.05) is 0 Å². The summed E-state index contributed by atoms with van der Waals surface area (Å²) in [5, 5.41) is 26.3. The van der Waals surface area contributed by atoms with Crippen molar-refractivity contribution in [3.63, 3.8) is 0 Å². The predicted octanol–water partition coefficient (Wildman–Crippen LogP) is 5.69. The molecule has 2 aromatic carbocycles. The van der Waals surface area contributed by atoms with Crippen LogP contribution in [0.4, 0.5) is 4.39 Å². The molecule has 4 rings (SSSR count). The first kappa shape index (κ1) is 23.3. The SMILES string of the molecule is N=C(/C=C\N=O)c1cc(-c2ncc(Sc3ccc(Cl)cc3)c(O)n2)nn1Cc1ccccc1F. The number of allylic oxidation sites excluding steroid dienone is 1. The molecule has 0 radical (unpaired) electrons. The summed E-state index contributed by atoms with van der Waals surface area (Å²) >= 11 is 7.17. The van der Waals surface area contributed by atoms with E-state index in [9.17, 15) is 14.4 Å². The highest BCUT2D eigenvalue weighted by atomic mass is 35.5. The number of rotatable bonds is 8. The Bertz CT molecular complexity index is 1390. The van der Waals surface area contributed by atoms with Crippen LogP contribution in [-0.2, 0) is 6.54 Å². The highest BCUT2D eigenvalue weighted by Gasteiger charge is 2.17. The van der Waals surface area contributed by atoms with E-state index in [1.54, 1.807) is 30.3 Å². The van der Waals surface area contributed by atoms with Gasteiger partial charge in [-0.15, -0.1) is 4.91 Å². The number of benzene rings is 2. The van der Waals surface area contributed by atoms with Crippen LogP contribution in [0.2, 0.25) is 5.02 Å².